The standard InChI is InChI=1S/C15H19N4O3.Li.O/c1-15(2,3)22-14(21)18-13-10-6-19(7-11(10)13)12-5-16-9(8-20)4-17-12;;/h4-5,10-11,13H,6-7H2,1-3H3,(H,18,21);;/q-1;+1;-2. The predicted octanol–water partition coefficient (Wildman–Crippen LogP) is -2.22. The molecule has 2 aliphatic rings. The van der Waals surface area contributed by atoms with Crippen molar-refractivity contribution in [1.82, 2.24) is 15.3 Å². The van der Waals surface area contributed by atoms with Crippen molar-refractivity contribution in [2.24, 2.45) is 11.8 Å². The first-order chi connectivity index (χ1) is 10.4. The number of carbonyl (C=O) groups is 1. The van der Waals surface area contributed by atoms with Crippen molar-refractivity contribution >= 4 is 18.2 Å². The largest absolute Gasteiger partial charge is 2.00 e. The number of amides is 1. The summed E-state index contributed by atoms with van der Waals surface area (Å²) < 4.78 is 5.27. The molecular weight excluding hydrogens is 307 g/mol. The van der Waals surface area contributed by atoms with Gasteiger partial charge in [0.05, 0.1) is 6.20 Å². The van der Waals surface area contributed by atoms with E-state index >= 15 is 0 Å². The Bertz CT molecular complexity index is 578. The van der Waals surface area contributed by atoms with Gasteiger partial charge in [0.15, 0.2) is 0 Å². The number of aromatic nitrogens is 2. The first-order valence-corrected chi connectivity index (χ1v) is 7.32. The van der Waals surface area contributed by atoms with Gasteiger partial charge in [-0.3, -0.25) is 4.98 Å². The van der Waals surface area contributed by atoms with Gasteiger partial charge >= 0.3 is 25.0 Å². The van der Waals surface area contributed by atoms with Gasteiger partial charge in [-0.25, -0.2) is 4.79 Å². The van der Waals surface area contributed by atoms with E-state index < -0.39 is 5.60 Å². The molecule has 2 heterocycles. The number of piperidine rings is 1. The topological polar surface area (TPSA) is 113 Å². The number of nitrogens with zero attached hydrogens (tertiary/aromatic N) is 3. The summed E-state index contributed by atoms with van der Waals surface area (Å²) in [5, 5.41) is 2.93. The first kappa shape index (κ1) is 20.4. The summed E-state index contributed by atoms with van der Waals surface area (Å²) in [7, 11) is 0. The van der Waals surface area contributed by atoms with E-state index in [9.17, 15) is 9.59 Å². The Morgan fingerprint density at radius 3 is 2.38 bits per heavy atom. The molecule has 0 radical (unpaired) electrons. The third-order valence-corrected chi connectivity index (χ3v) is 3.94. The van der Waals surface area contributed by atoms with E-state index in [0.717, 1.165) is 18.9 Å². The second kappa shape index (κ2) is 7.51. The predicted molar refractivity (Wildman–Crippen MR) is 79.9 cm³/mol. The van der Waals surface area contributed by atoms with E-state index in [-0.39, 0.29) is 42.2 Å². The number of rotatable bonds is 3. The smallest absolute Gasteiger partial charge is 1.00 e. The monoisotopic (exact) mass is 326 g/mol. The summed E-state index contributed by atoms with van der Waals surface area (Å²) in [5.74, 6) is 1.60. The Morgan fingerprint density at radius 2 is 1.92 bits per heavy atom. The maximum absolute atomic E-state index is 11.8. The minimum atomic E-state index is -0.479. The average molecular weight is 326 g/mol. The third-order valence-electron chi connectivity index (χ3n) is 3.94. The Hall–Kier alpha value is -1.62. The molecule has 3 rings (SSSR count). The van der Waals surface area contributed by atoms with Crippen LogP contribution in [-0.4, -0.2) is 47.1 Å². The SMILES string of the molecule is CC(C)(C)OC(=O)NC1C2CN(c3cnc([C-]=O)cn3)CC21.[Li+].[O-2]. The van der Waals surface area contributed by atoms with Crippen molar-refractivity contribution in [2.45, 2.75) is 32.4 Å². The molecule has 24 heavy (non-hydrogen) atoms. The quantitative estimate of drug-likeness (QED) is 0.497. The van der Waals surface area contributed by atoms with Crippen LogP contribution in [0.25, 0.3) is 0 Å². The second-order valence-electron chi connectivity index (χ2n) is 6.77. The Labute approximate surface area is 152 Å². The van der Waals surface area contributed by atoms with Crippen LogP contribution in [0, 0.1) is 11.8 Å². The molecule has 1 saturated heterocycles. The van der Waals surface area contributed by atoms with Crippen LogP contribution in [0.2, 0.25) is 0 Å². The van der Waals surface area contributed by atoms with Crippen molar-refractivity contribution in [3.63, 3.8) is 0 Å². The van der Waals surface area contributed by atoms with Crippen LogP contribution in [0.4, 0.5) is 10.6 Å². The number of anilines is 1. The number of ether oxygens (including phenoxy) is 1. The van der Waals surface area contributed by atoms with Crippen LogP contribution in [0.3, 0.4) is 0 Å². The molecule has 2 atom stereocenters. The summed E-state index contributed by atoms with van der Waals surface area (Å²) in [6, 6.07) is 0.182. The molecule has 0 bridgehead atoms. The van der Waals surface area contributed by atoms with Gasteiger partial charge in [-0.05, 0) is 26.5 Å². The Morgan fingerprint density at radius 1 is 1.29 bits per heavy atom. The fourth-order valence-corrected chi connectivity index (χ4v) is 2.91. The molecule has 2 unspecified atom stereocenters. The minimum absolute atomic E-state index is 0. The average Bonchev–Trinajstić information content (AvgIpc) is 2.89. The fraction of sp³-hybridized carbons (Fsp3) is 0.600. The minimum Gasteiger partial charge on any atom is -2.00 e. The van der Waals surface area contributed by atoms with Crippen LogP contribution < -0.4 is 29.1 Å². The van der Waals surface area contributed by atoms with Crippen LogP contribution in [0.15, 0.2) is 12.4 Å². The van der Waals surface area contributed by atoms with Crippen LogP contribution in [-0.2, 0) is 15.0 Å². The third kappa shape index (κ3) is 4.47. The number of hydrogen-bond acceptors (Lipinski definition) is 6. The van der Waals surface area contributed by atoms with E-state index in [1.165, 1.54) is 6.20 Å². The molecular formula is C15H19LiN4O4-2. The summed E-state index contributed by atoms with van der Waals surface area (Å²) in [6.45, 7) is 7.19. The van der Waals surface area contributed by atoms with Crippen LogP contribution in [0.5, 0.6) is 0 Å². The Balaban J connectivity index is 0.00000144. The molecule has 1 N–H and O–H groups in total. The molecule has 2 fully saturated rings. The summed E-state index contributed by atoms with van der Waals surface area (Å²) in [6.07, 6.45) is 4.35. The Kier molecular flexibility index (Phi) is 6.39. The van der Waals surface area contributed by atoms with Gasteiger partial charge in [-0.2, -0.15) is 0 Å². The van der Waals surface area contributed by atoms with E-state index in [1.54, 1.807) is 12.5 Å². The number of nitrogens with one attached hydrogen (secondary N) is 1. The maximum Gasteiger partial charge on any atom is 1.00 e. The second-order valence-corrected chi connectivity index (χ2v) is 6.77. The fourth-order valence-electron chi connectivity index (χ4n) is 2.91. The van der Waals surface area contributed by atoms with E-state index in [1.807, 2.05) is 20.8 Å². The molecule has 1 aromatic heterocycles. The summed E-state index contributed by atoms with van der Waals surface area (Å²) >= 11 is 0. The molecule has 1 amide bonds. The zero-order valence-electron chi connectivity index (χ0n) is 14.3. The number of hydrogen-bond donors (Lipinski definition) is 1. The van der Waals surface area contributed by atoms with Crippen molar-refractivity contribution in [3.05, 3.63) is 18.1 Å². The summed E-state index contributed by atoms with van der Waals surface area (Å²) in [5.41, 5.74) is -0.273. The zero-order chi connectivity index (χ0) is 15.9. The number of alkyl carbamates (subject to hydrolysis) is 1. The van der Waals surface area contributed by atoms with Crippen molar-refractivity contribution in [1.29, 1.82) is 0 Å². The van der Waals surface area contributed by atoms with Crippen molar-refractivity contribution in [3.8, 4) is 0 Å². The van der Waals surface area contributed by atoms with E-state index in [2.05, 4.69) is 20.2 Å². The molecule has 1 aliphatic carbocycles. The summed E-state index contributed by atoms with van der Waals surface area (Å²) in [4.78, 5) is 32.5. The first-order valence-electron chi connectivity index (χ1n) is 7.32. The molecule has 1 saturated carbocycles. The molecule has 1 aromatic rings. The normalized spacial score (nSPS) is 24.1. The van der Waals surface area contributed by atoms with Crippen molar-refractivity contribution < 1.29 is 38.7 Å². The molecule has 9 heteroatoms. The van der Waals surface area contributed by atoms with Crippen LogP contribution in [0.1, 0.15) is 26.5 Å². The number of fused-ring (bicyclic) bond motifs is 1. The molecule has 1 aliphatic heterocycles. The molecule has 126 valence electrons. The van der Waals surface area contributed by atoms with Gasteiger partial charge in [-0.15, -0.1) is 0 Å². The molecule has 0 aromatic carbocycles. The molecule has 0 spiro atoms. The maximum atomic E-state index is 11.8. The van der Waals surface area contributed by atoms with Gasteiger partial charge in [0.1, 0.15) is 11.4 Å². The molecule has 8 nitrogen and oxygen atoms in total. The van der Waals surface area contributed by atoms with Gasteiger partial charge in [0, 0.05) is 37.3 Å². The van der Waals surface area contributed by atoms with Gasteiger partial charge < -0.3 is 30.2 Å². The van der Waals surface area contributed by atoms with Gasteiger partial charge in [0.25, 0.3) is 0 Å². The van der Waals surface area contributed by atoms with E-state index in [4.69, 9.17) is 4.74 Å². The van der Waals surface area contributed by atoms with Crippen LogP contribution >= 0.6 is 0 Å². The zero-order valence-corrected chi connectivity index (χ0v) is 14.3. The van der Waals surface area contributed by atoms with E-state index in [0.29, 0.717) is 11.8 Å². The van der Waals surface area contributed by atoms with Crippen molar-refractivity contribution in [2.75, 3.05) is 18.0 Å². The number of carbonyl (C=O) groups excluding carboxylic acids is 2. The van der Waals surface area contributed by atoms with Gasteiger partial charge in [0.2, 0.25) is 0 Å². The van der Waals surface area contributed by atoms with Gasteiger partial charge in [-0.1, -0.05) is 6.20 Å².